The molecule has 1 aliphatic carbocycles. The van der Waals surface area contributed by atoms with Crippen molar-refractivity contribution in [1.29, 1.82) is 0 Å². The van der Waals surface area contributed by atoms with E-state index in [2.05, 4.69) is 10.6 Å². The highest BCUT2D eigenvalue weighted by Crippen LogP contribution is 2.47. The second-order valence-electron chi connectivity index (χ2n) is 5.91. The summed E-state index contributed by atoms with van der Waals surface area (Å²) in [7, 11) is 0. The van der Waals surface area contributed by atoms with Gasteiger partial charge in [-0.3, -0.25) is 0 Å². The third-order valence-electron chi connectivity index (χ3n) is 4.29. The normalized spacial score (nSPS) is 15.2. The highest BCUT2D eigenvalue weighted by Gasteiger charge is 2.44. The molecule has 0 aromatic heterocycles. The Hall–Kier alpha value is -2.36. The molecule has 2 aromatic rings. The molecule has 4 heteroatoms. The number of carbonyl (C=O) groups is 1. The summed E-state index contributed by atoms with van der Waals surface area (Å²) in [6.07, 6.45) is 2.03. The van der Waals surface area contributed by atoms with E-state index < -0.39 is 0 Å². The molecule has 1 saturated carbocycles. The van der Waals surface area contributed by atoms with Gasteiger partial charge < -0.3 is 10.6 Å². The lowest BCUT2D eigenvalue weighted by atomic mass is 9.96. The molecule has 3 rings (SSSR count). The Balaban J connectivity index is 1.59. The number of hydrogen-bond acceptors (Lipinski definition) is 1. The van der Waals surface area contributed by atoms with Gasteiger partial charge in [-0.1, -0.05) is 30.3 Å². The van der Waals surface area contributed by atoms with Crippen LogP contribution in [0.25, 0.3) is 0 Å². The summed E-state index contributed by atoms with van der Waals surface area (Å²) in [5.41, 5.74) is 2.89. The van der Waals surface area contributed by atoms with Gasteiger partial charge >= 0.3 is 6.03 Å². The topological polar surface area (TPSA) is 41.1 Å². The summed E-state index contributed by atoms with van der Waals surface area (Å²) >= 11 is 0. The van der Waals surface area contributed by atoms with Crippen molar-refractivity contribution >= 4 is 11.7 Å². The Morgan fingerprint density at radius 3 is 2.45 bits per heavy atom. The first-order valence-electron chi connectivity index (χ1n) is 7.46. The maximum Gasteiger partial charge on any atom is 0.319 e. The molecule has 0 saturated heterocycles. The van der Waals surface area contributed by atoms with Crippen LogP contribution >= 0.6 is 0 Å². The third-order valence-corrected chi connectivity index (χ3v) is 4.29. The van der Waals surface area contributed by atoms with E-state index in [4.69, 9.17) is 0 Å². The van der Waals surface area contributed by atoms with Crippen molar-refractivity contribution in [2.45, 2.75) is 25.2 Å². The van der Waals surface area contributed by atoms with Gasteiger partial charge in [0.25, 0.3) is 0 Å². The lowest BCUT2D eigenvalue weighted by Crippen LogP contribution is -2.35. The molecule has 2 aromatic carbocycles. The van der Waals surface area contributed by atoms with E-state index in [1.165, 1.54) is 12.1 Å². The van der Waals surface area contributed by atoms with Gasteiger partial charge in [0.15, 0.2) is 0 Å². The average molecular weight is 298 g/mol. The molecular formula is C18H19FN2O. The SMILES string of the molecule is Cc1ccccc1NC(=O)NCC1(c2ccc(F)cc2)CC1. The fourth-order valence-corrected chi connectivity index (χ4v) is 2.65. The monoisotopic (exact) mass is 298 g/mol. The van der Waals surface area contributed by atoms with Gasteiger partial charge in [0.2, 0.25) is 0 Å². The fourth-order valence-electron chi connectivity index (χ4n) is 2.65. The van der Waals surface area contributed by atoms with Crippen molar-refractivity contribution < 1.29 is 9.18 Å². The molecule has 114 valence electrons. The van der Waals surface area contributed by atoms with Crippen molar-refractivity contribution in [1.82, 2.24) is 5.32 Å². The number of aryl methyl sites for hydroxylation is 1. The molecule has 2 amide bonds. The zero-order valence-corrected chi connectivity index (χ0v) is 12.5. The molecule has 1 fully saturated rings. The number of carbonyl (C=O) groups excluding carboxylic acids is 1. The van der Waals surface area contributed by atoms with Crippen LogP contribution in [0.15, 0.2) is 48.5 Å². The molecule has 0 bridgehead atoms. The number of hydrogen-bond donors (Lipinski definition) is 2. The summed E-state index contributed by atoms with van der Waals surface area (Å²) in [5.74, 6) is -0.232. The van der Waals surface area contributed by atoms with Gasteiger partial charge in [0.05, 0.1) is 0 Å². The van der Waals surface area contributed by atoms with Crippen LogP contribution in [-0.2, 0) is 5.41 Å². The fraction of sp³-hybridized carbons (Fsp3) is 0.278. The van der Waals surface area contributed by atoms with E-state index in [-0.39, 0.29) is 17.3 Å². The number of nitrogens with one attached hydrogen (secondary N) is 2. The van der Waals surface area contributed by atoms with Crippen LogP contribution < -0.4 is 10.6 Å². The lowest BCUT2D eigenvalue weighted by Gasteiger charge is -2.17. The summed E-state index contributed by atoms with van der Waals surface area (Å²) in [6.45, 7) is 2.52. The number of anilines is 1. The summed E-state index contributed by atoms with van der Waals surface area (Å²) in [6, 6.07) is 14.0. The predicted octanol–water partition coefficient (Wildman–Crippen LogP) is 3.99. The van der Waals surface area contributed by atoms with Gasteiger partial charge in [-0.2, -0.15) is 0 Å². The van der Waals surface area contributed by atoms with E-state index >= 15 is 0 Å². The molecule has 0 atom stereocenters. The minimum Gasteiger partial charge on any atom is -0.337 e. The van der Waals surface area contributed by atoms with Gasteiger partial charge in [0.1, 0.15) is 5.82 Å². The van der Waals surface area contributed by atoms with Gasteiger partial charge in [-0.05, 0) is 49.1 Å². The molecule has 0 unspecified atom stereocenters. The number of halogens is 1. The predicted molar refractivity (Wildman–Crippen MR) is 85.5 cm³/mol. The zero-order chi connectivity index (χ0) is 15.6. The lowest BCUT2D eigenvalue weighted by molar-refractivity contribution is 0.251. The highest BCUT2D eigenvalue weighted by molar-refractivity contribution is 5.90. The molecule has 0 spiro atoms. The van der Waals surface area contributed by atoms with Crippen LogP contribution in [0.4, 0.5) is 14.9 Å². The molecule has 1 aliphatic rings. The smallest absolute Gasteiger partial charge is 0.319 e. The van der Waals surface area contributed by atoms with Gasteiger partial charge in [-0.15, -0.1) is 0 Å². The second-order valence-corrected chi connectivity index (χ2v) is 5.91. The van der Waals surface area contributed by atoms with Crippen LogP contribution in [0.5, 0.6) is 0 Å². The van der Waals surface area contributed by atoms with Gasteiger partial charge in [0, 0.05) is 17.6 Å². The van der Waals surface area contributed by atoms with Crippen molar-refractivity contribution in [2.75, 3.05) is 11.9 Å². The quantitative estimate of drug-likeness (QED) is 0.880. The number of para-hydroxylation sites is 1. The third kappa shape index (κ3) is 3.11. The average Bonchev–Trinajstić information content (AvgIpc) is 3.29. The molecule has 2 N–H and O–H groups in total. The van der Waals surface area contributed by atoms with Crippen LogP contribution in [0.3, 0.4) is 0 Å². The second kappa shape index (κ2) is 5.79. The van der Waals surface area contributed by atoms with E-state index in [1.54, 1.807) is 0 Å². The Bertz CT molecular complexity index is 678. The van der Waals surface area contributed by atoms with Crippen molar-refractivity contribution in [3.63, 3.8) is 0 Å². The Labute approximate surface area is 129 Å². The first kappa shape index (κ1) is 14.6. The number of rotatable bonds is 4. The van der Waals surface area contributed by atoms with Gasteiger partial charge in [-0.25, -0.2) is 9.18 Å². The van der Waals surface area contributed by atoms with Crippen molar-refractivity contribution in [3.8, 4) is 0 Å². The van der Waals surface area contributed by atoms with E-state index in [0.29, 0.717) is 6.54 Å². The molecule has 22 heavy (non-hydrogen) atoms. The minimum atomic E-state index is -0.232. The van der Waals surface area contributed by atoms with Crippen molar-refractivity contribution in [3.05, 3.63) is 65.5 Å². The molecule has 0 heterocycles. The Kier molecular flexibility index (Phi) is 3.84. The Morgan fingerprint density at radius 2 is 1.82 bits per heavy atom. The molecule has 0 aliphatic heterocycles. The zero-order valence-electron chi connectivity index (χ0n) is 12.5. The van der Waals surface area contributed by atoms with Crippen molar-refractivity contribution in [2.24, 2.45) is 0 Å². The summed E-state index contributed by atoms with van der Waals surface area (Å²) in [5, 5.41) is 5.79. The number of urea groups is 1. The maximum atomic E-state index is 13.0. The Morgan fingerprint density at radius 1 is 1.14 bits per heavy atom. The van der Waals surface area contributed by atoms with E-state index in [0.717, 1.165) is 29.7 Å². The number of benzene rings is 2. The highest BCUT2D eigenvalue weighted by atomic mass is 19.1. The molecule has 0 radical (unpaired) electrons. The summed E-state index contributed by atoms with van der Waals surface area (Å²) in [4.78, 5) is 12.0. The molecular weight excluding hydrogens is 279 g/mol. The molecule has 3 nitrogen and oxygen atoms in total. The van der Waals surface area contributed by atoms with Crippen LogP contribution in [-0.4, -0.2) is 12.6 Å². The maximum absolute atomic E-state index is 13.0. The number of amides is 2. The van der Waals surface area contributed by atoms with E-state index in [1.807, 2.05) is 43.3 Å². The summed E-state index contributed by atoms with van der Waals surface area (Å²) < 4.78 is 13.0. The van der Waals surface area contributed by atoms with Crippen LogP contribution in [0.1, 0.15) is 24.0 Å². The first-order chi connectivity index (χ1) is 10.6. The minimum absolute atomic E-state index is 0.0310. The largest absolute Gasteiger partial charge is 0.337 e. The van der Waals surface area contributed by atoms with Crippen LogP contribution in [0.2, 0.25) is 0 Å². The standard InChI is InChI=1S/C18H19FN2O/c1-13-4-2-3-5-16(13)21-17(22)20-12-18(10-11-18)14-6-8-15(19)9-7-14/h2-9H,10-12H2,1H3,(H2,20,21,22). The van der Waals surface area contributed by atoms with Crippen LogP contribution in [0, 0.1) is 12.7 Å². The first-order valence-corrected chi connectivity index (χ1v) is 7.46. The van der Waals surface area contributed by atoms with E-state index in [9.17, 15) is 9.18 Å².